The summed E-state index contributed by atoms with van der Waals surface area (Å²) in [4.78, 5) is 16.6. The Hall–Kier alpha value is -2.47. The van der Waals surface area contributed by atoms with E-state index < -0.39 is 11.6 Å². The van der Waals surface area contributed by atoms with Gasteiger partial charge in [0.15, 0.2) is 0 Å². The van der Waals surface area contributed by atoms with Crippen molar-refractivity contribution in [2.75, 3.05) is 31.5 Å². The first-order chi connectivity index (χ1) is 13.6. The van der Waals surface area contributed by atoms with Crippen LogP contribution < -0.4 is 5.32 Å². The first-order valence-corrected chi connectivity index (χ1v) is 9.88. The van der Waals surface area contributed by atoms with E-state index in [0.717, 1.165) is 57.1 Å². The lowest BCUT2D eigenvalue weighted by Gasteiger charge is -2.36. The normalized spacial score (nSPS) is 18.0. The highest BCUT2D eigenvalue weighted by Crippen LogP contribution is 2.24. The Bertz CT molecular complexity index is 849. The summed E-state index contributed by atoms with van der Waals surface area (Å²) in [6.45, 7) is 4.39. The Balaban J connectivity index is 1.27. The van der Waals surface area contributed by atoms with Crippen molar-refractivity contribution in [1.29, 1.82) is 0 Å². The van der Waals surface area contributed by atoms with Gasteiger partial charge in [-0.3, -0.25) is 4.90 Å². The summed E-state index contributed by atoms with van der Waals surface area (Å²) in [5, 5.41) is 2.49. The molecule has 2 heterocycles. The van der Waals surface area contributed by atoms with Crippen LogP contribution in [0.4, 0.5) is 19.3 Å². The van der Waals surface area contributed by atoms with Gasteiger partial charge in [0.2, 0.25) is 0 Å². The van der Waals surface area contributed by atoms with Crippen molar-refractivity contribution >= 4 is 11.7 Å². The van der Waals surface area contributed by atoms with E-state index in [0.29, 0.717) is 19.0 Å². The van der Waals surface area contributed by atoms with Gasteiger partial charge >= 0.3 is 6.03 Å². The second kappa shape index (κ2) is 8.27. The molecule has 0 aromatic heterocycles. The van der Waals surface area contributed by atoms with Crippen molar-refractivity contribution in [2.24, 2.45) is 5.92 Å². The smallest absolute Gasteiger partial charge is 0.321 e. The number of rotatable bonds is 3. The summed E-state index contributed by atoms with van der Waals surface area (Å²) in [7, 11) is 0. The third-order valence-electron chi connectivity index (χ3n) is 5.80. The van der Waals surface area contributed by atoms with Crippen LogP contribution in [0, 0.1) is 17.6 Å². The van der Waals surface area contributed by atoms with Crippen LogP contribution in [0.5, 0.6) is 0 Å². The number of hydrogen-bond donors (Lipinski definition) is 1. The number of likely N-dealkylation sites (tertiary alicyclic amines) is 1. The number of urea groups is 1. The maximum absolute atomic E-state index is 13.7. The van der Waals surface area contributed by atoms with E-state index in [1.807, 2.05) is 0 Å². The highest BCUT2D eigenvalue weighted by atomic mass is 19.1. The maximum Gasteiger partial charge on any atom is 0.321 e. The molecule has 0 saturated carbocycles. The fourth-order valence-electron chi connectivity index (χ4n) is 4.18. The van der Waals surface area contributed by atoms with Crippen molar-refractivity contribution < 1.29 is 13.6 Å². The Morgan fingerprint density at radius 3 is 2.57 bits per heavy atom. The van der Waals surface area contributed by atoms with Crippen LogP contribution in [0.15, 0.2) is 42.5 Å². The molecule has 0 bridgehead atoms. The summed E-state index contributed by atoms with van der Waals surface area (Å²) >= 11 is 0. The molecule has 1 N–H and O–H groups in total. The van der Waals surface area contributed by atoms with Gasteiger partial charge in [-0.2, -0.15) is 0 Å². The van der Waals surface area contributed by atoms with Crippen molar-refractivity contribution in [1.82, 2.24) is 9.80 Å². The minimum absolute atomic E-state index is 0.112. The third-order valence-corrected chi connectivity index (χ3v) is 5.80. The predicted octanol–water partition coefficient (Wildman–Crippen LogP) is 4.27. The summed E-state index contributed by atoms with van der Waals surface area (Å²) in [6, 6.07) is 11.3. The maximum atomic E-state index is 13.7. The quantitative estimate of drug-likeness (QED) is 0.857. The van der Waals surface area contributed by atoms with Gasteiger partial charge < -0.3 is 10.2 Å². The Morgan fingerprint density at radius 1 is 1.04 bits per heavy atom. The molecule has 0 radical (unpaired) electrons. The molecule has 4 nitrogen and oxygen atoms in total. The molecule has 2 aliphatic rings. The molecule has 28 heavy (non-hydrogen) atoms. The molecule has 1 saturated heterocycles. The zero-order chi connectivity index (χ0) is 19.5. The summed E-state index contributed by atoms with van der Waals surface area (Å²) in [6.07, 6.45) is 2.95. The van der Waals surface area contributed by atoms with E-state index in [4.69, 9.17) is 0 Å². The Labute approximate surface area is 164 Å². The molecule has 0 spiro atoms. The predicted molar refractivity (Wildman–Crippen MR) is 105 cm³/mol. The molecule has 2 aliphatic heterocycles. The van der Waals surface area contributed by atoms with E-state index in [1.165, 1.54) is 11.1 Å². The molecule has 0 unspecified atom stereocenters. The minimum Gasteiger partial charge on any atom is -0.325 e. The molecular formula is C22H25F2N3O. The average Bonchev–Trinajstić information content (AvgIpc) is 2.71. The number of amides is 2. The molecule has 0 atom stereocenters. The van der Waals surface area contributed by atoms with Crippen LogP contribution in [-0.2, 0) is 13.0 Å². The highest BCUT2D eigenvalue weighted by Gasteiger charge is 2.26. The van der Waals surface area contributed by atoms with Gasteiger partial charge in [0.1, 0.15) is 11.6 Å². The monoisotopic (exact) mass is 385 g/mol. The second-order valence-electron chi connectivity index (χ2n) is 7.74. The Kier molecular flexibility index (Phi) is 5.57. The lowest BCUT2D eigenvalue weighted by atomic mass is 9.94. The van der Waals surface area contributed by atoms with Crippen molar-refractivity contribution in [3.05, 3.63) is 65.2 Å². The van der Waals surface area contributed by atoms with Crippen LogP contribution in [0.25, 0.3) is 0 Å². The minimum atomic E-state index is -0.630. The summed E-state index contributed by atoms with van der Waals surface area (Å²) in [5.74, 6) is -0.645. The molecule has 2 aromatic carbocycles. The van der Waals surface area contributed by atoms with Crippen LogP contribution in [0.3, 0.4) is 0 Å². The van der Waals surface area contributed by atoms with E-state index >= 15 is 0 Å². The van der Waals surface area contributed by atoms with E-state index in [9.17, 15) is 13.6 Å². The summed E-state index contributed by atoms with van der Waals surface area (Å²) in [5.41, 5.74) is 2.76. The zero-order valence-corrected chi connectivity index (χ0v) is 15.8. The number of nitrogens with one attached hydrogen (secondary N) is 1. The van der Waals surface area contributed by atoms with Crippen LogP contribution in [0.1, 0.15) is 24.0 Å². The number of nitrogens with zero attached hydrogens (tertiary/aromatic N) is 2. The van der Waals surface area contributed by atoms with Crippen molar-refractivity contribution in [3.8, 4) is 0 Å². The molecule has 0 aliphatic carbocycles. The van der Waals surface area contributed by atoms with Gasteiger partial charge in [0.25, 0.3) is 0 Å². The first kappa shape index (κ1) is 18.9. The molecule has 148 valence electrons. The molecular weight excluding hydrogens is 360 g/mol. The SMILES string of the molecule is O=C(Nc1cc(F)ccc1F)N1CCC(CN2CCc3ccccc3C2)CC1. The van der Waals surface area contributed by atoms with Gasteiger partial charge in [0, 0.05) is 38.8 Å². The zero-order valence-electron chi connectivity index (χ0n) is 15.8. The lowest BCUT2D eigenvalue weighted by molar-refractivity contribution is 0.147. The van der Waals surface area contributed by atoms with Gasteiger partial charge in [-0.15, -0.1) is 0 Å². The second-order valence-corrected chi connectivity index (χ2v) is 7.74. The van der Waals surface area contributed by atoms with E-state index in [2.05, 4.69) is 34.5 Å². The number of halogens is 2. The molecule has 2 aromatic rings. The van der Waals surface area contributed by atoms with Gasteiger partial charge in [0.05, 0.1) is 5.69 Å². The highest BCUT2D eigenvalue weighted by molar-refractivity contribution is 5.89. The fourth-order valence-corrected chi connectivity index (χ4v) is 4.18. The number of hydrogen-bond acceptors (Lipinski definition) is 2. The van der Waals surface area contributed by atoms with Crippen LogP contribution in [0.2, 0.25) is 0 Å². The molecule has 1 fully saturated rings. The number of anilines is 1. The van der Waals surface area contributed by atoms with Crippen molar-refractivity contribution in [3.63, 3.8) is 0 Å². The fraction of sp³-hybridized carbons (Fsp3) is 0.409. The standard InChI is InChI=1S/C22H25F2N3O/c23-19-5-6-20(24)21(13-19)25-22(28)27-11-7-16(8-12-27)14-26-10-9-17-3-1-2-4-18(17)15-26/h1-6,13,16H,7-12,14-15H2,(H,25,28). The van der Waals surface area contributed by atoms with E-state index in [-0.39, 0.29) is 11.7 Å². The van der Waals surface area contributed by atoms with E-state index in [1.54, 1.807) is 4.90 Å². The third kappa shape index (κ3) is 4.33. The Morgan fingerprint density at radius 2 is 1.79 bits per heavy atom. The number of benzene rings is 2. The molecule has 6 heteroatoms. The number of carbonyl (C=O) groups is 1. The number of fused-ring (bicyclic) bond motifs is 1. The van der Waals surface area contributed by atoms with Gasteiger partial charge in [-0.05, 0) is 48.4 Å². The summed E-state index contributed by atoms with van der Waals surface area (Å²) < 4.78 is 27.0. The average molecular weight is 385 g/mol. The van der Waals surface area contributed by atoms with Crippen LogP contribution in [-0.4, -0.2) is 42.0 Å². The first-order valence-electron chi connectivity index (χ1n) is 9.88. The largest absolute Gasteiger partial charge is 0.325 e. The van der Waals surface area contributed by atoms with Gasteiger partial charge in [-0.25, -0.2) is 13.6 Å². The molecule has 2 amide bonds. The number of carbonyl (C=O) groups excluding carboxylic acids is 1. The van der Waals surface area contributed by atoms with Crippen LogP contribution >= 0.6 is 0 Å². The molecule has 4 rings (SSSR count). The van der Waals surface area contributed by atoms with Gasteiger partial charge in [-0.1, -0.05) is 24.3 Å². The lowest BCUT2D eigenvalue weighted by Crippen LogP contribution is -2.44. The topological polar surface area (TPSA) is 35.6 Å². The van der Waals surface area contributed by atoms with Crippen molar-refractivity contribution in [2.45, 2.75) is 25.8 Å². The number of piperidine rings is 1.